The van der Waals surface area contributed by atoms with E-state index in [1.54, 1.807) is 37.4 Å². The second kappa shape index (κ2) is 13.2. The van der Waals surface area contributed by atoms with Crippen molar-refractivity contribution in [3.05, 3.63) is 95.8 Å². The Morgan fingerprint density at radius 1 is 0.977 bits per heavy atom. The number of nitrogens with one attached hydrogen (secondary N) is 1. The number of nitrogens with zero attached hydrogens (tertiary/aromatic N) is 6. The minimum atomic E-state index is -0.340. The monoisotopic (exact) mass is 589 g/mol. The topological polar surface area (TPSA) is 107 Å². The molecule has 1 aliphatic heterocycles. The van der Waals surface area contributed by atoms with E-state index in [0.29, 0.717) is 22.5 Å². The molecule has 0 bridgehead atoms. The maximum absolute atomic E-state index is 13.3. The lowest BCUT2D eigenvalue weighted by Crippen LogP contribution is -2.46. The van der Waals surface area contributed by atoms with Gasteiger partial charge >= 0.3 is 0 Å². The molecule has 216 valence electrons. The molecule has 1 amide bonds. The molecule has 0 radical (unpaired) electrons. The molecule has 9 nitrogen and oxygen atoms in total. The predicted octanol–water partition coefficient (Wildman–Crippen LogP) is 5.31. The van der Waals surface area contributed by atoms with Crippen LogP contribution < -0.4 is 5.32 Å². The van der Waals surface area contributed by atoms with Gasteiger partial charge in [0.1, 0.15) is 21.0 Å². The number of thiazole rings is 1. The number of carbonyl (C=O) groups excluding carboxylic acids is 1. The lowest BCUT2D eigenvalue weighted by molar-refractivity contribution is 0.0938. The zero-order valence-electron chi connectivity index (χ0n) is 23.9. The van der Waals surface area contributed by atoms with Crippen LogP contribution in [0.25, 0.3) is 32.2 Å². The lowest BCUT2D eigenvalue weighted by atomic mass is 10.0. The quantitative estimate of drug-likeness (QED) is 0.247. The summed E-state index contributed by atoms with van der Waals surface area (Å²) in [6.45, 7) is 6.68. The first kappa shape index (κ1) is 28.6. The van der Waals surface area contributed by atoms with Crippen molar-refractivity contribution in [1.82, 2.24) is 24.8 Å². The third kappa shape index (κ3) is 6.61. The number of methoxy groups -OCH3 is 1. The summed E-state index contributed by atoms with van der Waals surface area (Å²) >= 11 is 1.50. The van der Waals surface area contributed by atoms with Gasteiger partial charge < -0.3 is 10.1 Å². The molecule has 2 aromatic carbocycles. The van der Waals surface area contributed by atoms with Crippen LogP contribution in [0.15, 0.2) is 79.0 Å². The van der Waals surface area contributed by atoms with E-state index >= 15 is 0 Å². The van der Waals surface area contributed by atoms with E-state index in [1.165, 1.54) is 11.3 Å². The van der Waals surface area contributed by atoms with E-state index in [4.69, 9.17) is 14.7 Å². The van der Waals surface area contributed by atoms with Crippen molar-refractivity contribution in [2.75, 3.05) is 51.8 Å². The highest BCUT2D eigenvalue weighted by Gasteiger charge is 2.19. The molecule has 0 aliphatic carbocycles. The highest BCUT2D eigenvalue weighted by molar-refractivity contribution is 7.21. The van der Waals surface area contributed by atoms with E-state index in [1.807, 2.05) is 42.6 Å². The molecular formula is C33H31N7O2S. The third-order valence-electron chi connectivity index (χ3n) is 7.50. The van der Waals surface area contributed by atoms with Gasteiger partial charge in [0.05, 0.1) is 29.6 Å². The number of hydrogen-bond acceptors (Lipinski definition) is 9. The number of benzene rings is 2. The van der Waals surface area contributed by atoms with Gasteiger partial charge in [-0.15, -0.1) is 0 Å². The minimum Gasteiger partial charge on any atom is -0.383 e. The second-order valence-electron chi connectivity index (χ2n) is 10.4. The zero-order valence-corrected chi connectivity index (χ0v) is 24.7. The van der Waals surface area contributed by atoms with Crippen LogP contribution in [0.1, 0.15) is 21.6 Å². The van der Waals surface area contributed by atoms with Crippen molar-refractivity contribution in [3.8, 4) is 27.9 Å². The number of pyridine rings is 2. The molecule has 0 saturated carbocycles. The molecule has 5 aromatic rings. The van der Waals surface area contributed by atoms with E-state index < -0.39 is 0 Å². The molecule has 1 fully saturated rings. The summed E-state index contributed by atoms with van der Waals surface area (Å²) in [4.78, 5) is 33.3. The minimum absolute atomic E-state index is 0.259. The summed E-state index contributed by atoms with van der Waals surface area (Å²) in [5.74, 6) is -0.340. The number of aromatic nitrogens is 3. The Labute approximate surface area is 254 Å². The van der Waals surface area contributed by atoms with Crippen LogP contribution in [-0.4, -0.2) is 77.1 Å². The fourth-order valence-electron chi connectivity index (χ4n) is 5.20. The normalized spacial score (nSPS) is 14.0. The van der Waals surface area contributed by atoms with Gasteiger partial charge in [-0.2, -0.15) is 5.26 Å². The predicted molar refractivity (Wildman–Crippen MR) is 169 cm³/mol. The summed E-state index contributed by atoms with van der Waals surface area (Å²) in [5, 5.41) is 13.3. The number of anilines is 1. The van der Waals surface area contributed by atoms with Gasteiger partial charge in [-0.1, -0.05) is 47.7 Å². The molecule has 4 heterocycles. The Morgan fingerprint density at radius 3 is 2.56 bits per heavy atom. The van der Waals surface area contributed by atoms with Crippen LogP contribution in [0.4, 0.5) is 5.69 Å². The average Bonchev–Trinajstić information content (AvgIpc) is 3.48. The number of para-hydroxylation sites is 1. The standard InChI is InChI=1S/C33H31N7O2S/c1-42-18-17-39-13-15-40(16-14-39)22-23-19-30-33(35-21-23)43-32(38-30)26-9-4-5-10-28(26)37-31(41)29-12-6-11-27(36-29)25-8-3-2-7-24(25)20-34/h2-12,19,21H,13-18,22H2,1H3,(H,37,41). The molecule has 0 spiro atoms. The van der Waals surface area contributed by atoms with Gasteiger partial charge in [0.25, 0.3) is 5.91 Å². The number of carbonyl (C=O) groups is 1. The lowest BCUT2D eigenvalue weighted by Gasteiger charge is -2.34. The van der Waals surface area contributed by atoms with E-state index in [-0.39, 0.29) is 11.6 Å². The van der Waals surface area contributed by atoms with Gasteiger partial charge in [-0.05, 0) is 42.0 Å². The summed E-state index contributed by atoms with van der Waals surface area (Å²) < 4.78 is 5.21. The van der Waals surface area contributed by atoms with Crippen molar-refractivity contribution in [3.63, 3.8) is 0 Å². The maximum Gasteiger partial charge on any atom is 0.274 e. The molecule has 1 saturated heterocycles. The molecule has 3 aromatic heterocycles. The second-order valence-corrected chi connectivity index (χ2v) is 11.3. The van der Waals surface area contributed by atoms with Crippen LogP contribution in [-0.2, 0) is 11.3 Å². The number of rotatable bonds is 9. The van der Waals surface area contributed by atoms with Gasteiger partial charge in [-0.3, -0.25) is 14.6 Å². The fourth-order valence-corrected chi connectivity index (χ4v) is 6.13. The average molecular weight is 590 g/mol. The maximum atomic E-state index is 13.3. The number of fused-ring (bicyclic) bond motifs is 1. The number of hydrogen-bond donors (Lipinski definition) is 1. The van der Waals surface area contributed by atoms with Gasteiger partial charge in [-0.25, -0.2) is 15.0 Å². The molecular weight excluding hydrogens is 558 g/mol. The molecule has 0 unspecified atom stereocenters. The van der Waals surface area contributed by atoms with Crippen LogP contribution in [0, 0.1) is 11.3 Å². The summed E-state index contributed by atoms with van der Waals surface area (Å²) in [7, 11) is 1.74. The highest BCUT2D eigenvalue weighted by Crippen LogP contribution is 2.34. The number of nitriles is 1. The van der Waals surface area contributed by atoms with Gasteiger partial charge in [0.2, 0.25) is 0 Å². The summed E-state index contributed by atoms with van der Waals surface area (Å²) in [5.41, 5.74) is 5.47. The van der Waals surface area contributed by atoms with Crippen molar-refractivity contribution in [1.29, 1.82) is 5.26 Å². The van der Waals surface area contributed by atoms with E-state index in [0.717, 1.165) is 72.4 Å². The van der Waals surface area contributed by atoms with Gasteiger partial charge in [0.15, 0.2) is 0 Å². The van der Waals surface area contributed by atoms with Crippen molar-refractivity contribution in [2.24, 2.45) is 0 Å². The number of ether oxygens (including phenoxy) is 1. The van der Waals surface area contributed by atoms with Crippen LogP contribution >= 0.6 is 11.3 Å². The first-order valence-corrected chi connectivity index (χ1v) is 15.0. The van der Waals surface area contributed by atoms with Gasteiger partial charge in [0, 0.05) is 63.7 Å². The van der Waals surface area contributed by atoms with Crippen LogP contribution in [0.3, 0.4) is 0 Å². The number of piperazine rings is 1. The SMILES string of the molecule is COCCN1CCN(Cc2cnc3sc(-c4ccccc4NC(=O)c4cccc(-c5ccccc5C#N)n4)nc3c2)CC1. The molecule has 43 heavy (non-hydrogen) atoms. The summed E-state index contributed by atoms with van der Waals surface area (Å²) in [6.07, 6.45) is 1.94. The van der Waals surface area contributed by atoms with E-state index in [9.17, 15) is 10.1 Å². The first-order valence-electron chi connectivity index (χ1n) is 14.2. The van der Waals surface area contributed by atoms with Crippen LogP contribution in [0.5, 0.6) is 0 Å². The molecule has 10 heteroatoms. The Bertz CT molecular complexity index is 1790. The smallest absolute Gasteiger partial charge is 0.274 e. The molecule has 1 aliphatic rings. The third-order valence-corrected chi connectivity index (χ3v) is 8.51. The Morgan fingerprint density at radius 2 is 1.74 bits per heavy atom. The Kier molecular flexibility index (Phi) is 8.77. The molecule has 6 rings (SSSR count). The Hall–Kier alpha value is -4.53. The molecule has 1 N–H and O–H groups in total. The Balaban J connectivity index is 1.18. The van der Waals surface area contributed by atoms with Crippen molar-refractivity contribution < 1.29 is 9.53 Å². The number of amides is 1. The van der Waals surface area contributed by atoms with Crippen molar-refractivity contribution >= 4 is 33.3 Å². The highest BCUT2D eigenvalue weighted by atomic mass is 32.1. The van der Waals surface area contributed by atoms with E-state index in [2.05, 4.69) is 32.2 Å². The largest absolute Gasteiger partial charge is 0.383 e. The van der Waals surface area contributed by atoms with Crippen LogP contribution in [0.2, 0.25) is 0 Å². The fraction of sp³-hybridized carbons (Fsp3) is 0.242. The zero-order chi connectivity index (χ0) is 29.6. The first-order chi connectivity index (χ1) is 21.1. The van der Waals surface area contributed by atoms with Crippen molar-refractivity contribution in [2.45, 2.75) is 6.54 Å². The summed E-state index contributed by atoms with van der Waals surface area (Å²) in [6, 6.07) is 24.4. The molecule has 0 atom stereocenters.